The molecule has 0 aliphatic heterocycles. The fraction of sp³-hybridized carbons (Fsp3) is 0.143. The van der Waals surface area contributed by atoms with E-state index in [0.29, 0.717) is 30.3 Å². The van der Waals surface area contributed by atoms with E-state index in [1.165, 1.54) is 0 Å². The van der Waals surface area contributed by atoms with Crippen molar-refractivity contribution in [1.82, 2.24) is 10.3 Å². The molecule has 2 rings (SSSR count). The summed E-state index contributed by atoms with van der Waals surface area (Å²) in [6, 6.07) is 12.4. The Morgan fingerprint density at radius 2 is 2.00 bits per heavy atom. The molecule has 0 atom stereocenters. The number of hydrogen-bond donors (Lipinski definition) is 2. The van der Waals surface area contributed by atoms with Gasteiger partial charge in [-0.1, -0.05) is 18.2 Å². The molecule has 1 aromatic carbocycles. The van der Waals surface area contributed by atoms with Crippen molar-refractivity contribution in [2.45, 2.75) is 0 Å². The molecule has 0 unspecified atom stereocenters. The summed E-state index contributed by atoms with van der Waals surface area (Å²) < 4.78 is 5.46. The minimum Gasteiger partial charge on any atom is -0.490 e. The van der Waals surface area contributed by atoms with E-state index in [2.05, 4.69) is 10.3 Å². The summed E-state index contributed by atoms with van der Waals surface area (Å²) in [5.41, 5.74) is 6.70. The number of para-hydroxylation sites is 2. The van der Waals surface area contributed by atoms with Crippen molar-refractivity contribution in [1.29, 1.82) is 0 Å². The normalized spacial score (nSPS) is 9.89. The van der Waals surface area contributed by atoms with E-state index in [0.717, 1.165) is 0 Å². The second-order valence-electron chi connectivity index (χ2n) is 3.86. The van der Waals surface area contributed by atoms with E-state index < -0.39 is 0 Å². The SMILES string of the molecule is Nc1ccccc1OCCNC(=O)c1ccccn1. The number of nitrogens with one attached hydrogen (secondary N) is 1. The molecule has 0 aliphatic rings. The van der Waals surface area contributed by atoms with E-state index in [4.69, 9.17) is 10.5 Å². The summed E-state index contributed by atoms with van der Waals surface area (Å²) in [6.45, 7) is 0.747. The number of nitrogens with zero attached hydrogens (tertiary/aromatic N) is 1. The van der Waals surface area contributed by atoms with E-state index in [1.54, 1.807) is 36.5 Å². The molecule has 0 aliphatic carbocycles. The van der Waals surface area contributed by atoms with E-state index in [9.17, 15) is 4.79 Å². The number of ether oxygens (including phenoxy) is 1. The molecular formula is C14H15N3O2. The highest BCUT2D eigenvalue weighted by Gasteiger charge is 2.05. The van der Waals surface area contributed by atoms with E-state index >= 15 is 0 Å². The molecule has 3 N–H and O–H groups in total. The fourth-order valence-electron chi connectivity index (χ4n) is 1.53. The lowest BCUT2D eigenvalue weighted by Gasteiger charge is -2.09. The van der Waals surface area contributed by atoms with Gasteiger partial charge in [-0.2, -0.15) is 0 Å². The van der Waals surface area contributed by atoms with E-state index in [1.807, 2.05) is 12.1 Å². The summed E-state index contributed by atoms with van der Waals surface area (Å²) in [6.07, 6.45) is 1.58. The number of carbonyl (C=O) groups is 1. The van der Waals surface area contributed by atoms with Crippen LogP contribution in [0.2, 0.25) is 0 Å². The highest BCUT2D eigenvalue weighted by Crippen LogP contribution is 2.19. The number of nitrogens with two attached hydrogens (primary N) is 1. The molecule has 98 valence electrons. The third kappa shape index (κ3) is 3.70. The summed E-state index contributed by atoms with van der Waals surface area (Å²) >= 11 is 0. The highest BCUT2D eigenvalue weighted by molar-refractivity contribution is 5.92. The van der Waals surface area contributed by atoms with Crippen LogP contribution in [-0.2, 0) is 0 Å². The van der Waals surface area contributed by atoms with Gasteiger partial charge < -0.3 is 15.8 Å². The summed E-state index contributed by atoms with van der Waals surface area (Å²) in [7, 11) is 0. The number of aromatic nitrogens is 1. The largest absolute Gasteiger partial charge is 0.490 e. The van der Waals surface area contributed by atoms with Crippen LogP contribution in [0.1, 0.15) is 10.5 Å². The second kappa shape index (κ2) is 6.39. The highest BCUT2D eigenvalue weighted by atomic mass is 16.5. The van der Waals surface area contributed by atoms with Gasteiger partial charge in [-0.05, 0) is 24.3 Å². The molecule has 0 fully saturated rings. The molecular weight excluding hydrogens is 242 g/mol. The molecule has 0 bridgehead atoms. The number of pyridine rings is 1. The molecule has 5 nitrogen and oxygen atoms in total. The van der Waals surface area contributed by atoms with Crippen molar-refractivity contribution in [3.63, 3.8) is 0 Å². The first-order valence-electron chi connectivity index (χ1n) is 5.94. The summed E-state index contributed by atoms with van der Waals surface area (Å²) in [5.74, 6) is 0.403. The van der Waals surface area contributed by atoms with Gasteiger partial charge in [-0.15, -0.1) is 0 Å². The molecule has 5 heteroatoms. The van der Waals surface area contributed by atoms with Gasteiger partial charge in [0, 0.05) is 6.20 Å². The Morgan fingerprint density at radius 3 is 2.74 bits per heavy atom. The Bertz CT molecular complexity index is 543. The maximum absolute atomic E-state index is 11.7. The molecule has 2 aromatic rings. The monoisotopic (exact) mass is 257 g/mol. The minimum atomic E-state index is -0.217. The number of benzene rings is 1. The van der Waals surface area contributed by atoms with Crippen molar-refractivity contribution in [3.8, 4) is 5.75 Å². The molecule has 0 saturated carbocycles. The number of rotatable bonds is 5. The van der Waals surface area contributed by atoms with Crippen LogP contribution in [0.15, 0.2) is 48.7 Å². The van der Waals surface area contributed by atoms with Gasteiger partial charge in [0.2, 0.25) is 0 Å². The van der Waals surface area contributed by atoms with Crippen molar-refractivity contribution in [2.24, 2.45) is 0 Å². The van der Waals surface area contributed by atoms with Gasteiger partial charge >= 0.3 is 0 Å². The van der Waals surface area contributed by atoms with Crippen LogP contribution in [-0.4, -0.2) is 24.0 Å². The quantitative estimate of drug-likeness (QED) is 0.628. The maximum Gasteiger partial charge on any atom is 0.269 e. The second-order valence-corrected chi connectivity index (χ2v) is 3.86. The zero-order valence-electron chi connectivity index (χ0n) is 10.4. The van der Waals surface area contributed by atoms with Gasteiger partial charge in [0.25, 0.3) is 5.91 Å². The Kier molecular flexibility index (Phi) is 4.34. The lowest BCUT2D eigenvalue weighted by atomic mass is 10.3. The molecule has 0 radical (unpaired) electrons. The van der Waals surface area contributed by atoms with Gasteiger partial charge in [0.1, 0.15) is 18.1 Å². The Morgan fingerprint density at radius 1 is 1.21 bits per heavy atom. The van der Waals surface area contributed by atoms with Crippen molar-refractivity contribution >= 4 is 11.6 Å². The first-order valence-corrected chi connectivity index (χ1v) is 5.94. The molecule has 1 amide bonds. The average Bonchev–Trinajstić information content (AvgIpc) is 2.46. The zero-order chi connectivity index (χ0) is 13.5. The maximum atomic E-state index is 11.7. The number of hydrogen-bond acceptors (Lipinski definition) is 4. The number of anilines is 1. The van der Waals surface area contributed by atoms with Crippen molar-refractivity contribution in [2.75, 3.05) is 18.9 Å². The van der Waals surface area contributed by atoms with Crippen molar-refractivity contribution < 1.29 is 9.53 Å². The average molecular weight is 257 g/mol. The van der Waals surface area contributed by atoms with E-state index in [-0.39, 0.29) is 5.91 Å². The summed E-state index contributed by atoms with van der Waals surface area (Å²) in [4.78, 5) is 15.6. The number of nitrogen functional groups attached to an aromatic ring is 1. The van der Waals surface area contributed by atoms with Gasteiger partial charge in [-0.25, -0.2) is 0 Å². The van der Waals surface area contributed by atoms with Crippen molar-refractivity contribution in [3.05, 3.63) is 54.4 Å². The lowest BCUT2D eigenvalue weighted by molar-refractivity contribution is 0.0942. The van der Waals surface area contributed by atoms with Crippen LogP contribution in [0.5, 0.6) is 5.75 Å². The lowest BCUT2D eigenvalue weighted by Crippen LogP contribution is -2.28. The number of amides is 1. The molecule has 19 heavy (non-hydrogen) atoms. The topological polar surface area (TPSA) is 77.2 Å². The van der Waals surface area contributed by atoms with Crippen LogP contribution in [0.3, 0.4) is 0 Å². The van der Waals surface area contributed by atoms with Crippen LogP contribution in [0, 0.1) is 0 Å². The Hall–Kier alpha value is -2.56. The van der Waals surface area contributed by atoms with Crippen LogP contribution >= 0.6 is 0 Å². The van der Waals surface area contributed by atoms with Crippen LogP contribution in [0.25, 0.3) is 0 Å². The third-order valence-electron chi connectivity index (χ3n) is 2.46. The Labute approximate surface area is 111 Å². The molecule has 1 aromatic heterocycles. The Balaban J connectivity index is 1.76. The van der Waals surface area contributed by atoms with Gasteiger partial charge in [0.15, 0.2) is 0 Å². The smallest absolute Gasteiger partial charge is 0.269 e. The fourth-order valence-corrected chi connectivity index (χ4v) is 1.53. The molecule has 1 heterocycles. The first kappa shape index (κ1) is 12.9. The van der Waals surface area contributed by atoms with Crippen LogP contribution in [0.4, 0.5) is 5.69 Å². The predicted molar refractivity (Wildman–Crippen MR) is 72.9 cm³/mol. The van der Waals surface area contributed by atoms with Crippen LogP contribution < -0.4 is 15.8 Å². The standard InChI is InChI=1S/C14H15N3O2/c15-11-5-1-2-7-13(11)19-10-9-17-14(18)12-6-3-4-8-16-12/h1-8H,9-10,15H2,(H,17,18). The summed E-state index contributed by atoms with van der Waals surface area (Å²) in [5, 5.41) is 2.72. The third-order valence-corrected chi connectivity index (χ3v) is 2.46. The van der Waals surface area contributed by atoms with Gasteiger partial charge in [0.05, 0.1) is 12.2 Å². The van der Waals surface area contributed by atoms with Gasteiger partial charge in [-0.3, -0.25) is 9.78 Å². The predicted octanol–water partition coefficient (Wildman–Crippen LogP) is 1.47. The minimum absolute atomic E-state index is 0.217. The molecule has 0 spiro atoms. The molecule has 0 saturated heterocycles. The number of carbonyl (C=O) groups excluding carboxylic acids is 1. The first-order chi connectivity index (χ1) is 9.27. The zero-order valence-corrected chi connectivity index (χ0v) is 10.4.